The smallest absolute Gasteiger partial charge is 0.411 e. The standard InChI is InChI=1S/C25H35BrN4O4/c1-7-11-29(6)16-25-13-18(30(19(25)14-25)23(32)34-24(3,4)5)22(31)28-21-17(15-33-12-8-2)9-10-20(26)27-21/h7-10,18-19H,1-2,11-16H2,3-6H3,(H,27,28,31)/t18-,19+,25-/m0/s1. The highest BCUT2D eigenvalue weighted by Crippen LogP contribution is 2.60. The molecule has 2 heterocycles. The predicted octanol–water partition coefficient (Wildman–Crippen LogP) is 4.37. The zero-order chi connectivity index (χ0) is 25.1. The molecule has 2 amide bonds. The van der Waals surface area contributed by atoms with Gasteiger partial charge in [-0.2, -0.15) is 0 Å². The average molecular weight is 535 g/mol. The molecule has 186 valence electrons. The predicted molar refractivity (Wildman–Crippen MR) is 135 cm³/mol. The molecule has 0 aromatic carbocycles. The van der Waals surface area contributed by atoms with Gasteiger partial charge in [0.2, 0.25) is 5.91 Å². The molecule has 0 radical (unpaired) electrons. The Morgan fingerprint density at radius 2 is 2.06 bits per heavy atom. The Kier molecular flexibility index (Phi) is 8.21. The first-order valence-corrected chi connectivity index (χ1v) is 12.2. The molecule has 8 nitrogen and oxygen atoms in total. The van der Waals surface area contributed by atoms with Gasteiger partial charge in [-0.05, 0) is 62.7 Å². The molecule has 2 fully saturated rings. The summed E-state index contributed by atoms with van der Waals surface area (Å²) in [6.45, 7) is 15.1. The molecule has 0 spiro atoms. The van der Waals surface area contributed by atoms with E-state index in [0.29, 0.717) is 23.4 Å². The second-order valence-electron chi connectivity index (χ2n) is 10.1. The Balaban J connectivity index is 1.82. The third-order valence-electron chi connectivity index (χ3n) is 6.03. The second-order valence-corrected chi connectivity index (χ2v) is 10.9. The summed E-state index contributed by atoms with van der Waals surface area (Å²) < 4.78 is 11.8. The number of rotatable bonds is 10. The number of pyridine rings is 1. The van der Waals surface area contributed by atoms with Crippen molar-refractivity contribution < 1.29 is 19.1 Å². The van der Waals surface area contributed by atoms with E-state index >= 15 is 0 Å². The van der Waals surface area contributed by atoms with Gasteiger partial charge in [0.1, 0.15) is 22.1 Å². The van der Waals surface area contributed by atoms with Crippen molar-refractivity contribution in [2.45, 2.75) is 57.9 Å². The molecule has 1 aliphatic heterocycles. The van der Waals surface area contributed by atoms with Gasteiger partial charge in [0.05, 0.1) is 13.2 Å². The number of ether oxygens (including phenoxy) is 2. The second kappa shape index (κ2) is 10.6. The first-order chi connectivity index (χ1) is 16.0. The fraction of sp³-hybridized carbons (Fsp3) is 0.560. The van der Waals surface area contributed by atoms with Crippen LogP contribution >= 0.6 is 15.9 Å². The number of likely N-dealkylation sites (N-methyl/N-ethyl adjacent to an activating group) is 1. The molecule has 1 aromatic heterocycles. The van der Waals surface area contributed by atoms with E-state index in [9.17, 15) is 9.59 Å². The van der Waals surface area contributed by atoms with Gasteiger partial charge in [-0.15, -0.1) is 13.2 Å². The molecule has 0 bridgehead atoms. The summed E-state index contributed by atoms with van der Waals surface area (Å²) in [5.74, 6) is 0.130. The number of anilines is 1. The van der Waals surface area contributed by atoms with E-state index in [2.05, 4.69) is 44.3 Å². The van der Waals surface area contributed by atoms with Crippen LogP contribution in [0.3, 0.4) is 0 Å². The van der Waals surface area contributed by atoms with E-state index in [1.807, 2.05) is 40.0 Å². The van der Waals surface area contributed by atoms with Gasteiger partial charge in [-0.1, -0.05) is 18.2 Å². The molecule has 9 heteroatoms. The summed E-state index contributed by atoms with van der Waals surface area (Å²) in [5, 5.41) is 2.94. The Bertz CT molecular complexity index is 947. The summed E-state index contributed by atoms with van der Waals surface area (Å²) in [6.07, 6.45) is 4.48. The van der Waals surface area contributed by atoms with Crippen LogP contribution in [-0.2, 0) is 20.9 Å². The van der Waals surface area contributed by atoms with Crippen molar-refractivity contribution in [2.24, 2.45) is 5.41 Å². The van der Waals surface area contributed by atoms with E-state index in [0.717, 1.165) is 25.1 Å². The summed E-state index contributed by atoms with van der Waals surface area (Å²) in [5.41, 5.74) is -0.0396. The number of piperidine rings is 1. The normalized spacial score (nSPS) is 23.4. The zero-order valence-electron chi connectivity index (χ0n) is 20.5. The number of nitrogens with one attached hydrogen (secondary N) is 1. The third-order valence-corrected chi connectivity index (χ3v) is 6.47. The van der Waals surface area contributed by atoms with Crippen LogP contribution in [-0.4, -0.2) is 71.2 Å². The molecule has 1 saturated heterocycles. The number of carbonyl (C=O) groups is 2. The fourth-order valence-corrected chi connectivity index (χ4v) is 4.94. The van der Waals surface area contributed by atoms with Gasteiger partial charge in [0, 0.05) is 30.1 Å². The summed E-state index contributed by atoms with van der Waals surface area (Å²) in [4.78, 5) is 34.9. The minimum atomic E-state index is -0.653. The van der Waals surface area contributed by atoms with Gasteiger partial charge in [0.15, 0.2) is 0 Å². The number of hydrogen-bond acceptors (Lipinski definition) is 6. The minimum absolute atomic E-state index is 0.0313. The molecule has 3 rings (SSSR count). The highest BCUT2D eigenvalue weighted by Gasteiger charge is 2.68. The SMILES string of the molecule is C=CCOCc1ccc(Br)nc1NC(=O)[C@@H]1C[C@@]2(CN(C)CC=C)C[C@H]2N1C(=O)OC(C)(C)C. The number of halogens is 1. The topological polar surface area (TPSA) is 84.0 Å². The third kappa shape index (κ3) is 6.25. The van der Waals surface area contributed by atoms with Crippen LogP contribution in [0.2, 0.25) is 0 Å². The molecule has 34 heavy (non-hydrogen) atoms. The number of hydrogen-bond donors (Lipinski definition) is 1. The fourth-order valence-electron chi connectivity index (χ4n) is 4.63. The lowest BCUT2D eigenvalue weighted by molar-refractivity contribution is -0.121. The molecule has 1 saturated carbocycles. The molecule has 1 aliphatic carbocycles. The monoisotopic (exact) mass is 534 g/mol. The van der Waals surface area contributed by atoms with Gasteiger partial charge in [0.25, 0.3) is 0 Å². The Morgan fingerprint density at radius 3 is 2.71 bits per heavy atom. The molecular weight excluding hydrogens is 500 g/mol. The average Bonchev–Trinajstić information content (AvgIpc) is 3.30. The van der Waals surface area contributed by atoms with Crippen molar-refractivity contribution >= 4 is 33.7 Å². The van der Waals surface area contributed by atoms with E-state index in [-0.39, 0.29) is 24.0 Å². The number of fused-ring (bicyclic) bond motifs is 1. The van der Waals surface area contributed by atoms with Gasteiger partial charge in [-0.3, -0.25) is 9.69 Å². The van der Waals surface area contributed by atoms with Crippen LogP contribution in [0, 0.1) is 5.41 Å². The quantitative estimate of drug-likeness (QED) is 0.272. The van der Waals surface area contributed by atoms with Crippen molar-refractivity contribution in [2.75, 3.05) is 32.1 Å². The molecule has 2 aliphatic rings. The first-order valence-electron chi connectivity index (χ1n) is 11.5. The highest BCUT2D eigenvalue weighted by atomic mass is 79.9. The van der Waals surface area contributed by atoms with E-state index in [4.69, 9.17) is 9.47 Å². The van der Waals surface area contributed by atoms with Crippen molar-refractivity contribution in [3.63, 3.8) is 0 Å². The maximum Gasteiger partial charge on any atom is 0.411 e. The maximum absolute atomic E-state index is 13.5. The Labute approximate surface area is 210 Å². The van der Waals surface area contributed by atoms with E-state index in [1.165, 1.54) is 0 Å². The highest BCUT2D eigenvalue weighted by molar-refractivity contribution is 9.10. The van der Waals surface area contributed by atoms with Crippen molar-refractivity contribution in [1.82, 2.24) is 14.8 Å². The van der Waals surface area contributed by atoms with Crippen LogP contribution in [0.25, 0.3) is 0 Å². The van der Waals surface area contributed by atoms with E-state index in [1.54, 1.807) is 17.0 Å². The van der Waals surface area contributed by atoms with Crippen LogP contribution in [0.1, 0.15) is 39.2 Å². The zero-order valence-corrected chi connectivity index (χ0v) is 22.1. The lowest BCUT2D eigenvalue weighted by Crippen LogP contribution is -2.47. The number of nitrogens with zero attached hydrogens (tertiary/aromatic N) is 3. The molecule has 1 aromatic rings. The summed E-state index contributed by atoms with van der Waals surface area (Å²) >= 11 is 3.37. The maximum atomic E-state index is 13.5. The van der Waals surface area contributed by atoms with Crippen molar-refractivity contribution in [3.05, 3.63) is 47.6 Å². The van der Waals surface area contributed by atoms with Crippen LogP contribution < -0.4 is 5.32 Å². The molecule has 1 N–H and O–H groups in total. The van der Waals surface area contributed by atoms with Gasteiger partial charge >= 0.3 is 6.09 Å². The molecule has 0 unspecified atom stereocenters. The Hall–Kier alpha value is -2.23. The van der Waals surface area contributed by atoms with Crippen molar-refractivity contribution in [3.8, 4) is 0 Å². The number of carbonyl (C=O) groups excluding carboxylic acids is 2. The van der Waals surface area contributed by atoms with Crippen LogP contribution in [0.5, 0.6) is 0 Å². The van der Waals surface area contributed by atoms with Crippen LogP contribution in [0.4, 0.5) is 10.6 Å². The largest absolute Gasteiger partial charge is 0.444 e. The number of aromatic nitrogens is 1. The van der Waals surface area contributed by atoms with Gasteiger partial charge < -0.3 is 19.7 Å². The van der Waals surface area contributed by atoms with E-state index < -0.39 is 17.7 Å². The van der Waals surface area contributed by atoms with Gasteiger partial charge in [-0.25, -0.2) is 9.78 Å². The first kappa shape index (κ1) is 26.4. The number of likely N-dealkylation sites (tertiary alicyclic amines) is 1. The molecular formula is C25H35BrN4O4. The lowest BCUT2D eigenvalue weighted by atomic mass is 9.98. The summed E-state index contributed by atoms with van der Waals surface area (Å²) in [7, 11) is 2.03. The Morgan fingerprint density at radius 1 is 1.32 bits per heavy atom. The molecule has 3 atom stereocenters. The lowest BCUT2D eigenvalue weighted by Gasteiger charge is -2.30. The minimum Gasteiger partial charge on any atom is -0.444 e. The number of amides is 2. The summed E-state index contributed by atoms with van der Waals surface area (Å²) in [6, 6.07) is 2.97. The van der Waals surface area contributed by atoms with Crippen molar-refractivity contribution in [1.29, 1.82) is 0 Å². The van der Waals surface area contributed by atoms with Crippen LogP contribution in [0.15, 0.2) is 42.0 Å².